The third-order valence-electron chi connectivity index (χ3n) is 1.54. The first-order chi connectivity index (χ1) is 5.34. The van der Waals surface area contributed by atoms with E-state index in [0.717, 1.165) is 12.2 Å². The summed E-state index contributed by atoms with van der Waals surface area (Å²) in [7, 11) is 0. The molecule has 11 heavy (non-hydrogen) atoms. The minimum atomic E-state index is 0.252. The van der Waals surface area contributed by atoms with E-state index >= 15 is 0 Å². The van der Waals surface area contributed by atoms with Gasteiger partial charge in [0.15, 0.2) is 0 Å². The molecule has 0 spiro atoms. The van der Waals surface area contributed by atoms with Crippen LogP contribution in [0.3, 0.4) is 0 Å². The van der Waals surface area contributed by atoms with Gasteiger partial charge in [-0.1, -0.05) is 6.07 Å². The van der Waals surface area contributed by atoms with Crippen LogP contribution in [-0.4, -0.2) is 12.0 Å². The van der Waals surface area contributed by atoms with Crippen molar-refractivity contribution in [2.75, 3.05) is 12.0 Å². The summed E-state index contributed by atoms with van der Waals surface area (Å²) in [6.45, 7) is 0. The van der Waals surface area contributed by atoms with E-state index in [2.05, 4.69) is 23.8 Å². The van der Waals surface area contributed by atoms with Crippen LogP contribution in [-0.2, 0) is 0 Å². The SMILES string of the molecule is CSCCC(N)c1cccs1. The predicted octanol–water partition coefficient (Wildman–Crippen LogP) is 2.50. The second-order valence-electron chi connectivity index (χ2n) is 2.40. The van der Waals surface area contributed by atoms with E-state index in [1.807, 2.05) is 11.8 Å². The Morgan fingerprint density at radius 3 is 3.09 bits per heavy atom. The number of nitrogens with two attached hydrogens (primary N) is 1. The molecule has 0 amide bonds. The maximum Gasteiger partial charge on any atom is 0.0397 e. The summed E-state index contributed by atoms with van der Waals surface area (Å²) in [5.74, 6) is 1.15. The molecule has 0 saturated heterocycles. The number of hydrogen-bond acceptors (Lipinski definition) is 3. The van der Waals surface area contributed by atoms with E-state index in [-0.39, 0.29) is 6.04 Å². The summed E-state index contributed by atoms with van der Waals surface area (Å²) in [6, 6.07) is 4.41. The molecule has 0 aliphatic heterocycles. The average Bonchev–Trinajstić information content (AvgIpc) is 2.52. The van der Waals surface area contributed by atoms with Gasteiger partial charge in [-0.05, 0) is 29.9 Å². The van der Waals surface area contributed by atoms with Crippen molar-refractivity contribution in [3.63, 3.8) is 0 Å². The van der Waals surface area contributed by atoms with Crippen LogP contribution < -0.4 is 5.73 Å². The van der Waals surface area contributed by atoms with Gasteiger partial charge in [-0.15, -0.1) is 11.3 Å². The zero-order chi connectivity index (χ0) is 8.10. The van der Waals surface area contributed by atoms with Gasteiger partial charge in [-0.2, -0.15) is 11.8 Å². The molecule has 0 aromatic carbocycles. The van der Waals surface area contributed by atoms with Gasteiger partial charge in [0.2, 0.25) is 0 Å². The molecule has 3 heteroatoms. The molecular formula is C8H13NS2. The molecule has 0 fully saturated rings. The van der Waals surface area contributed by atoms with Gasteiger partial charge in [0, 0.05) is 10.9 Å². The first kappa shape index (κ1) is 9.10. The van der Waals surface area contributed by atoms with Crippen LogP contribution in [0.25, 0.3) is 0 Å². The lowest BCUT2D eigenvalue weighted by atomic mass is 10.2. The quantitative estimate of drug-likeness (QED) is 0.783. The Bertz CT molecular complexity index is 184. The summed E-state index contributed by atoms with van der Waals surface area (Å²) in [4.78, 5) is 1.30. The zero-order valence-corrected chi connectivity index (χ0v) is 8.25. The van der Waals surface area contributed by atoms with Crippen molar-refractivity contribution >= 4 is 23.1 Å². The normalized spacial score (nSPS) is 13.3. The highest BCUT2D eigenvalue weighted by Crippen LogP contribution is 2.20. The fourth-order valence-electron chi connectivity index (χ4n) is 0.889. The van der Waals surface area contributed by atoms with E-state index in [9.17, 15) is 0 Å². The van der Waals surface area contributed by atoms with Crippen molar-refractivity contribution < 1.29 is 0 Å². The molecule has 1 atom stereocenters. The standard InChI is InChI=1S/C8H13NS2/c1-10-6-4-7(9)8-3-2-5-11-8/h2-3,5,7H,4,6,9H2,1H3. The maximum absolute atomic E-state index is 5.92. The molecule has 62 valence electrons. The maximum atomic E-state index is 5.92. The number of rotatable bonds is 4. The van der Waals surface area contributed by atoms with Gasteiger partial charge in [0.1, 0.15) is 0 Å². The number of thioether (sulfide) groups is 1. The smallest absolute Gasteiger partial charge is 0.0397 e. The highest BCUT2D eigenvalue weighted by molar-refractivity contribution is 7.98. The van der Waals surface area contributed by atoms with E-state index in [0.29, 0.717) is 0 Å². The zero-order valence-electron chi connectivity index (χ0n) is 6.62. The summed E-state index contributed by atoms with van der Waals surface area (Å²) < 4.78 is 0. The Balaban J connectivity index is 2.36. The highest BCUT2D eigenvalue weighted by Gasteiger charge is 2.04. The fraction of sp³-hybridized carbons (Fsp3) is 0.500. The average molecular weight is 187 g/mol. The molecule has 1 unspecified atom stereocenters. The van der Waals surface area contributed by atoms with Gasteiger partial charge in [-0.3, -0.25) is 0 Å². The minimum Gasteiger partial charge on any atom is -0.323 e. The monoisotopic (exact) mass is 187 g/mol. The lowest BCUT2D eigenvalue weighted by molar-refractivity contribution is 0.719. The molecular weight excluding hydrogens is 174 g/mol. The van der Waals surface area contributed by atoms with Crippen molar-refractivity contribution in [2.24, 2.45) is 5.73 Å². The molecule has 0 radical (unpaired) electrons. The van der Waals surface area contributed by atoms with Crippen LogP contribution in [0.15, 0.2) is 17.5 Å². The molecule has 1 heterocycles. The summed E-state index contributed by atoms with van der Waals surface area (Å²) >= 11 is 3.60. The summed E-state index contributed by atoms with van der Waals surface area (Å²) in [5.41, 5.74) is 5.92. The van der Waals surface area contributed by atoms with Gasteiger partial charge >= 0.3 is 0 Å². The van der Waals surface area contributed by atoms with Gasteiger partial charge < -0.3 is 5.73 Å². The van der Waals surface area contributed by atoms with Crippen LogP contribution in [0.5, 0.6) is 0 Å². The van der Waals surface area contributed by atoms with Crippen LogP contribution >= 0.6 is 23.1 Å². The van der Waals surface area contributed by atoms with Crippen molar-refractivity contribution in [1.29, 1.82) is 0 Å². The highest BCUT2D eigenvalue weighted by atomic mass is 32.2. The van der Waals surface area contributed by atoms with Crippen molar-refractivity contribution in [3.05, 3.63) is 22.4 Å². The Hall–Kier alpha value is 0.01000. The number of thiophene rings is 1. The molecule has 0 aliphatic carbocycles. The van der Waals surface area contributed by atoms with E-state index in [1.54, 1.807) is 11.3 Å². The van der Waals surface area contributed by atoms with Crippen molar-refractivity contribution in [2.45, 2.75) is 12.5 Å². The van der Waals surface area contributed by atoms with Crippen LogP contribution in [0.4, 0.5) is 0 Å². The molecule has 1 aromatic heterocycles. The molecule has 0 saturated carbocycles. The van der Waals surface area contributed by atoms with E-state index in [1.165, 1.54) is 4.88 Å². The van der Waals surface area contributed by atoms with Gasteiger partial charge in [-0.25, -0.2) is 0 Å². The van der Waals surface area contributed by atoms with Gasteiger partial charge in [0.25, 0.3) is 0 Å². The Labute approximate surface area is 76.0 Å². The summed E-state index contributed by atoms with van der Waals surface area (Å²) in [6.07, 6.45) is 3.20. The van der Waals surface area contributed by atoms with E-state index < -0.39 is 0 Å². The largest absolute Gasteiger partial charge is 0.323 e. The molecule has 1 nitrogen and oxygen atoms in total. The fourth-order valence-corrected chi connectivity index (χ4v) is 2.14. The second-order valence-corrected chi connectivity index (χ2v) is 4.37. The predicted molar refractivity (Wildman–Crippen MR) is 54.2 cm³/mol. The second kappa shape index (κ2) is 4.80. The third-order valence-corrected chi connectivity index (χ3v) is 3.19. The molecule has 0 aliphatic rings. The Morgan fingerprint density at radius 1 is 1.73 bits per heavy atom. The van der Waals surface area contributed by atoms with Crippen molar-refractivity contribution in [1.82, 2.24) is 0 Å². The van der Waals surface area contributed by atoms with E-state index in [4.69, 9.17) is 5.73 Å². The number of hydrogen-bond donors (Lipinski definition) is 1. The molecule has 1 rings (SSSR count). The first-order valence-corrected chi connectivity index (χ1v) is 5.90. The minimum absolute atomic E-state index is 0.252. The topological polar surface area (TPSA) is 26.0 Å². The first-order valence-electron chi connectivity index (χ1n) is 3.62. The molecule has 2 N–H and O–H groups in total. The van der Waals surface area contributed by atoms with Crippen LogP contribution in [0.1, 0.15) is 17.3 Å². The third kappa shape index (κ3) is 2.85. The molecule has 1 aromatic rings. The lowest BCUT2D eigenvalue weighted by Crippen LogP contribution is -2.09. The summed E-state index contributed by atoms with van der Waals surface area (Å²) in [5, 5.41) is 2.08. The van der Waals surface area contributed by atoms with Crippen LogP contribution in [0, 0.1) is 0 Å². The lowest BCUT2D eigenvalue weighted by Gasteiger charge is -2.06. The van der Waals surface area contributed by atoms with Crippen molar-refractivity contribution in [3.8, 4) is 0 Å². The Morgan fingerprint density at radius 2 is 2.55 bits per heavy atom. The Kier molecular flexibility index (Phi) is 3.97. The van der Waals surface area contributed by atoms with Gasteiger partial charge in [0.05, 0.1) is 0 Å². The van der Waals surface area contributed by atoms with Crippen LogP contribution in [0.2, 0.25) is 0 Å². The molecule has 0 bridgehead atoms.